The number of aliphatic hydroxyl groups is 1. The van der Waals surface area contributed by atoms with Gasteiger partial charge in [-0.3, -0.25) is 4.79 Å². The van der Waals surface area contributed by atoms with Gasteiger partial charge in [0.25, 0.3) is 0 Å². The topological polar surface area (TPSA) is 85.4 Å². The fourth-order valence-corrected chi connectivity index (χ4v) is 4.48. The summed E-state index contributed by atoms with van der Waals surface area (Å²) in [6, 6.07) is 0. The number of carbonyl (C=O) groups is 2. The summed E-state index contributed by atoms with van der Waals surface area (Å²) in [4.78, 5) is 24.0. The second-order valence-electron chi connectivity index (χ2n) is 9.06. The summed E-state index contributed by atoms with van der Waals surface area (Å²) in [5, 5.41) is 10.6. The van der Waals surface area contributed by atoms with Crippen LogP contribution in [0, 0.1) is 11.8 Å². The minimum absolute atomic E-state index is 0.0238. The van der Waals surface area contributed by atoms with Gasteiger partial charge in [-0.05, 0) is 51.9 Å². The summed E-state index contributed by atoms with van der Waals surface area (Å²) in [7, 11) is 0. The molecule has 156 valence electrons. The molecule has 3 rings (SSSR count). The number of hydrogen-bond donors (Lipinski definition) is 1. The van der Waals surface area contributed by atoms with Crippen LogP contribution in [-0.4, -0.2) is 46.6 Å². The minimum atomic E-state index is -0.891. The van der Waals surface area contributed by atoms with E-state index in [0.29, 0.717) is 24.8 Å². The lowest BCUT2D eigenvalue weighted by molar-refractivity contribution is -0.165. The lowest BCUT2D eigenvalue weighted by atomic mass is 9.81. The molecule has 0 spiro atoms. The largest absolute Gasteiger partial charge is 0.458 e. The van der Waals surface area contributed by atoms with Gasteiger partial charge in [0, 0.05) is 18.4 Å². The molecule has 0 radical (unpaired) electrons. The molecule has 1 N–H and O–H groups in total. The number of epoxide rings is 1. The van der Waals surface area contributed by atoms with Gasteiger partial charge < -0.3 is 19.3 Å². The molecule has 0 saturated carbocycles. The van der Waals surface area contributed by atoms with E-state index in [0.717, 1.165) is 12.8 Å². The van der Waals surface area contributed by atoms with Gasteiger partial charge in [-0.2, -0.15) is 0 Å². The highest BCUT2D eigenvalue weighted by Gasteiger charge is 2.56. The van der Waals surface area contributed by atoms with E-state index in [-0.39, 0.29) is 23.5 Å². The summed E-state index contributed by atoms with van der Waals surface area (Å²) in [6.07, 6.45) is 6.10. The van der Waals surface area contributed by atoms with Crippen LogP contribution in [0.1, 0.15) is 59.8 Å². The average molecular weight is 392 g/mol. The molecular formula is C22H32O6. The van der Waals surface area contributed by atoms with Crippen LogP contribution < -0.4 is 0 Å². The van der Waals surface area contributed by atoms with Crippen molar-refractivity contribution < 1.29 is 28.9 Å². The van der Waals surface area contributed by atoms with Crippen molar-refractivity contribution in [1.29, 1.82) is 0 Å². The Morgan fingerprint density at radius 2 is 2.11 bits per heavy atom. The van der Waals surface area contributed by atoms with Gasteiger partial charge in [-0.15, -0.1) is 0 Å². The van der Waals surface area contributed by atoms with Crippen molar-refractivity contribution in [2.45, 2.75) is 89.3 Å². The summed E-state index contributed by atoms with van der Waals surface area (Å²) in [6.45, 7) is 11.1. The minimum Gasteiger partial charge on any atom is -0.458 e. The lowest BCUT2D eigenvalue weighted by Crippen LogP contribution is -2.40. The van der Waals surface area contributed by atoms with Gasteiger partial charge in [0.15, 0.2) is 0 Å². The van der Waals surface area contributed by atoms with Crippen molar-refractivity contribution in [2.24, 2.45) is 11.8 Å². The molecule has 6 nitrogen and oxygen atoms in total. The molecule has 2 saturated heterocycles. The number of rotatable bonds is 1. The quantitative estimate of drug-likeness (QED) is 0.319. The van der Waals surface area contributed by atoms with Gasteiger partial charge in [0.2, 0.25) is 0 Å². The lowest BCUT2D eigenvalue weighted by Gasteiger charge is -2.31. The number of hydrogen-bond acceptors (Lipinski definition) is 6. The van der Waals surface area contributed by atoms with Crippen LogP contribution in [0.15, 0.2) is 24.3 Å². The van der Waals surface area contributed by atoms with E-state index in [1.165, 1.54) is 6.92 Å². The van der Waals surface area contributed by atoms with Crippen LogP contribution in [0.5, 0.6) is 0 Å². The SMILES string of the molecule is C=C1C(=O)O[C@H]2[C@@H](OC(C)=O)[C@H](C)CCC[C@@](C)(O)/C=C\C[C@@]3(C)O[C@@H]3C[C@@H]12. The first-order valence-electron chi connectivity index (χ1n) is 10.2. The smallest absolute Gasteiger partial charge is 0.334 e. The Morgan fingerprint density at radius 3 is 2.79 bits per heavy atom. The van der Waals surface area contributed by atoms with Gasteiger partial charge in [0.05, 0.1) is 17.3 Å². The van der Waals surface area contributed by atoms with Gasteiger partial charge >= 0.3 is 11.9 Å². The average Bonchev–Trinajstić information content (AvgIpc) is 3.13. The zero-order valence-corrected chi connectivity index (χ0v) is 17.3. The molecule has 0 bridgehead atoms. The van der Waals surface area contributed by atoms with Crippen molar-refractivity contribution in [3.8, 4) is 0 Å². The molecule has 2 aliphatic heterocycles. The van der Waals surface area contributed by atoms with Crippen molar-refractivity contribution in [2.75, 3.05) is 0 Å². The van der Waals surface area contributed by atoms with Gasteiger partial charge in [0.1, 0.15) is 12.2 Å². The summed E-state index contributed by atoms with van der Waals surface area (Å²) in [5.41, 5.74) is -0.786. The predicted octanol–water partition coefficient (Wildman–Crippen LogP) is 3.08. The van der Waals surface area contributed by atoms with E-state index >= 15 is 0 Å². The molecule has 0 amide bonds. The standard InChI is InChI=1S/C22H32O6/c1-13-8-6-9-21(4,25)10-7-11-22(5)17(28-22)12-16-14(2)20(24)27-19(16)18(13)26-15(3)23/h7,10,13,16-19,25H,2,6,8-9,11-12H2,1,3-5H3/b10-7-/t13-,16+,17-,18+,19-,21-,22-/m1/s1. The number of fused-ring (bicyclic) bond motifs is 2. The molecular weight excluding hydrogens is 360 g/mol. The van der Waals surface area contributed by atoms with E-state index in [2.05, 4.69) is 6.58 Å². The van der Waals surface area contributed by atoms with Crippen LogP contribution in [-0.2, 0) is 23.8 Å². The van der Waals surface area contributed by atoms with E-state index in [9.17, 15) is 14.7 Å². The molecule has 2 fully saturated rings. The van der Waals surface area contributed by atoms with Gasteiger partial charge in [-0.1, -0.05) is 25.7 Å². The highest BCUT2D eigenvalue weighted by Crippen LogP contribution is 2.47. The molecule has 7 atom stereocenters. The van der Waals surface area contributed by atoms with Crippen molar-refractivity contribution in [3.63, 3.8) is 0 Å². The fraction of sp³-hybridized carbons (Fsp3) is 0.727. The van der Waals surface area contributed by atoms with E-state index < -0.39 is 29.7 Å². The van der Waals surface area contributed by atoms with Crippen LogP contribution in [0.25, 0.3) is 0 Å². The third-order valence-corrected chi connectivity index (χ3v) is 6.38. The molecule has 2 heterocycles. The van der Waals surface area contributed by atoms with Crippen LogP contribution in [0.4, 0.5) is 0 Å². The Bertz CT molecular complexity index is 681. The van der Waals surface area contributed by atoms with E-state index in [1.807, 2.05) is 26.0 Å². The maximum Gasteiger partial charge on any atom is 0.334 e. The van der Waals surface area contributed by atoms with Crippen LogP contribution in [0.3, 0.4) is 0 Å². The Labute approximate surface area is 166 Å². The van der Waals surface area contributed by atoms with Crippen LogP contribution in [0.2, 0.25) is 0 Å². The summed E-state index contributed by atoms with van der Waals surface area (Å²) in [5.74, 6) is -1.08. The maximum atomic E-state index is 12.3. The normalized spacial score (nSPS) is 45.2. The molecule has 3 aliphatic rings. The third-order valence-electron chi connectivity index (χ3n) is 6.38. The first kappa shape index (κ1) is 21.1. The molecule has 0 unspecified atom stereocenters. The number of carbonyl (C=O) groups excluding carboxylic acids is 2. The van der Waals surface area contributed by atoms with E-state index in [4.69, 9.17) is 14.2 Å². The van der Waals surface area contributed by atoms with Crippen molar-refractivity contribution in [1.82, 2.24) is 0 Å². The molecule has 6 heteroatoms. The Kier molecular flexibility index (Phi) is 5.74. The van der Waals surface area contributed by atoms with Gasteiger partial charge in [-0.25, -0.2) is 4.79 Å². The second kappa shape index (κ2) is 7.64. The predicted molar refractivity (Wildman–Crippen MR) is 103 cm³/mol. The zero-order chi connectivity index (χ0) is 20.7. The maximum absolute atomic E-state index is 12.3. The monoisotopic (exact) mass is 392 g/mol. The third kappa shape index (κ3) is 4.49. The van der Waals surface area contributed by atoms with Crippen molar-refractivity contribution in [3.05, 3.63) is 24.3 Å². The highest BCUT2D eigenvalue weighted by molar-refractivity contribution is 5.91. The highest BCUT2D eigenvalue weighted by atomic mass is 16.6. The molecule has 0 aromatic rings. The first-order valence-corrected chi connectivity index (χ1v) is 10.2. The van der Waals surface area contributed by atoms with Crippen molar-refractivity contribution >= 4 is 11.9 Å². The number of esters is 2. The zero-order valence-electron chi connectivity index (χ0n) is 17.3. The fourth-order valence-electron chi connectivity index (χ4n) is 4.48. The summed E-state index contributed by atoms with van der Waals surface area (Å²) >= 11 is 0. The molecule has 1 aliphatic carbocycles. The van der Waals surface area contributed by atoms with E-state index in [1.54, 1.807) is 6.92 Å². The molecule has 0 aromatic heterocycles. The van der Waals surface area contributed by atoms with Crippen LogP contribution >= 0.6 is 0 Å². The Hall–Kier alpha value is -1.66. The number of ether oxygens (including phenoxy) is 3. The molecule has 0 aromatic carbocycles. The first-order chi connectivity index (χ1) is 13.0. The second-order valence-corrected chi connectivity index (χ2v) is 9.06. The molecule has 28 heavy (non-hydrogen) atoms. The Morgan fingerprint density at radius 1 is 1.39 bits per heavy atom. The summed E-state index contributed by atoms with van der Waals surface area (Å²) < 4.78 is 17.2. The Balaban J connectivity index is 1.89.